The zero-order chi connectivity index (χ0) is 17.2. The number of sulfone groups is 1. The molecule has 0 spiro atoms. The smallest absolute Gasteiger partial charge is 0.251 e. The Hall–Kier alpha value is -2.54. The molecule has 0 bridgehead atoms. The third-order valence-electron chi connectivity index (χ3n) is 3.54. The second-order valence-electron chi connectivity index (χ2n) is 5.64. The number of hydrogen-bond acceptors (Lipinski definition) is 5. The zero-order valence-corrected chi connectivity index (χ0v) is 13.9. The highest BCUT2D eigenvalue weighted by Gasteiger charge is 2.14. The van der Waals surface area contributed by atoms with Gasteiger partial charge in [0.15, 0.2) is 21.3 Å². The molecule has 126 valence electrons. The maximum atomic E-state index is 12.2. The molecular formula is C17H17NO5S. The first-order valence-electron chi connectivity index (χ1n) is 7.34. The van der Waals surface area contributed by atoms with Gasteiger partial charge >= 0.3 is 0 Å². The van der Waals surface area contributed by atoms with Crippen LogP contribution in [0.25, 0.3) is 0 Å². The lowest BCUT2D eigenvalue weighted by atomic mass is 10.1. The van der Waals surface area contributed by atoms with Crippen molar-refractivity contribution in [2.45, 2.75) is 12.3 Å². The molecule has 0 radical (unpaired) electrons. The van der Waals surface area contributed by atoms with Crippen LogP contribution in [-0.4, -0.2) is 27.4 Å². The number of benzene rings is 2. The number of carbonyl (C=O) groups is 1. The van der Waals surface area contributed by atoms with Crippen LogP contribution in [0.3, 0.4) is 0 Å². The van der Waals surface area contributed by atoms with Crippen LogP contribution in [0.1, 0.15) is 21.5 Å². The van der Waals surface area contributed by atoms with Gasteiger partial charge in [0, 0.05) is 18.4 Å². The number of rotatable bonds is 5. The fraction of sp³-hybridized carbons (Fsp3) is 0.235. The second kappa shape index (κ2) is 6.52. The van der Waals surface area contributed by atoms with Crippen LogP contribution >= 0.6 is 0 Å². The number of fused-ring (bicyclic) bond motifs is 1. The predicted octanol–water partition coefficient (Wildman–Crippen LogP) is 1.89. The maximum Gasteiger partial charge on any atom is 0.251 e. The van der Waals surface area contributed by atoms with Gasteiger partial charge in [-0.05, 0) is 35.4 Å². The van der Waals surface area contributed by atoms with E-state index in [9.17, 15) is 13.2 Å². The minimum atomic E-state index is -3.08. The topological polar surface area (TPSA) is 81.7 Å². The van der Waals surface area contributed by atoms with Gasteiger partial charge in [0.2, 0.25) is 6.79 Å². The molecule has 1 heterocycles. The number of ether oxygens (including phenoxy) is 2. The summed E-state index contributed by atoms with van der Waals surface area (Å²) in [6.45, 7) is 0.575. The van der Waals surface area contributed by atoms with Gasteiger partial charge in [-0.2, -0.15) is 0 Å². The molecule has 7 heteroatoms. The third-order valence-corrected chi connectivity index (χ3v) is 4.39. The van der Waals surface area contributed by atoms with Crippen LogP contribution in [0.4, 0.5) is 0 Å². The molecule has 1 amide bonds. The average Bonchev–Trinajstić information content (AvgIpc) is 2.99. The number of nitrogens with one attached hydrogen (secondary N) is 1. The molecule has 1 N–H and O–H groups in total. The molecule has 0 saturated carbocycles. The van der Waals surface area contributed by atoms with E-state index in [0.29, 0.717) is 29.2 Å². The highest BCUT2D eigenvalue weighted by molar-refractivity contribution is 7.89. The van der Waals surface area contributed by atoms with E-state index >= 15 is 0 Å². The SMILES string of the molecule is CS(=O)(=O)Cc1ccc(C(=O)NCc2ccc3c(c2)OCO3)cc1. The van der Waals surface area contributed by atoms with Gasteiger partial charge in [-0.15, -0.1) is 0 Å². The first-order valence-corrected chi connectivity index (χ1v) is 9.40. The Bertz CT molecular complexity index is 859. The summed E-state index contributed by atoms with van der Waals surface area (Å²) in [4.78, 5) is 12.2. The summed E-state index contributed by atoms with van der Waals surface area (Å²) in [6.07, 6.45) is 1.18. The fourth-order valence-electron chi connectivity index (χ4n) is 2.39. The van der Waals surface area contributed by atoms with Crippen molar-refractivity contribution < 1.29 is 22.7 Å². The molecule has 1 aliphatic rings. The van der Waals surface area contributed by atoms with Crippen molar-refractivity contribution in [3.05, 3.63) is 59.2 Å². The zero-order valence-electron chi connectivity index (χ0n) is 13.1. The molecule has 2 aromatic rings. The van der Waals surface area contributed by atoms with Crippen LogP contribution in [0.5, 0.6) is 11.5 Å². The Kier molecular flexibility index (Phi) is 4.44. The second-order valence-corrected chi connectivity index (χ2v) is 7.78. The van der Waals surface area contributed by atoms with Crippen molar-refractivity contribution in [2.75, 3.05) is 13.0 Å². The largest absolute Gasteiger partial charge is 0.454 e. The van der Waals surface area contributed by atoms with Crippen LogP contribution in [-0.2, 0) is 22.1 Å². The van der Waals surface area contributed by atoms with E-state index in [4.69, 9.17) is 9.47 Å². The summed E-state index contributed by atoms with van der Waals surface area (Å²) in [5.74, 6) is 1.11. The molecule has 1 aliphatic heterocycles. The highest BCUT2D eigenvalue weighted by Crippen LogP contribution is 2.32. The van der Waals surface area contributed by atoms with E-state index in [1.165, 1.54) is 6.26 Å². The van der Waals surface area contributed by atoms with Crippen LogP contribution < -0.4 is 14.8 Å². The molecule has 24 heavy (non-hydrogen) atoms. The van der Waals surface area contributed by atoms with Crippen molar-refractivity contribution in [3.8, 4) is 11.5 Å². The van der Waals surface area contributed by atoms with Crippen molar-refractivity contribution >= 4 is 15.7 Å². The van der Waals surface area contributed by atoms with E-state index in [2.05, 4.69) is 5.32 Å². The third kappa shape index (κ3) is 4.05. The molecule has 0 unspecified atom stereocenters. The Balaban J connectivity index is 1.60. The molecule has 0 atom stereocenters. The van der Waals surface area contributed by atoms with Crippen LogP contribution in [0.2, 0.25) is 0 Å². The summed E-state index contributed by atoms with van der Waals surface area (Å²) in [7, 11) is -3.08. The summed E-state index contributed by atoms with van der Waals surface area (Å²) < 4.78 is 33.1. The molecule has 3 rings (SSSR count). The average molecular weight is 347 g/mol. The number of amides is 1. The monoisotopic (exact) mass is 347 g/mol. The van der Waals surface area contributed by atoms with E-state index in [1.807, 2.05) is 18.2 Å². The van der Waals surface area contributed by atoms with Crippen molar-refractivity contribution in [3.63, 3.8) is 0 Å². The lowest BCUT2D eigenvalue weighted by molar-refractivity contribution is 0.0951. The Morgan fingerprint density at radius 2 is 1.71 bits per heavy atom. The van der Waals surface area contributed by atoms with Gasteiger partial charge in [0.25, 0.3) is 5.91 Å². The lowest BCUT2D eigenvalue weighted by Gasteiger charge is -2.07. The Labute approximate surface area is 140 Å². The maximum absolute atomic E-state index is 12.2. The van der Waals surface area contributed by atoms with Gasteiger partial charge < -0.3 is 14.8 Å². The molecule has 0 aromatic heterocycles. The van der Waals surface area contributed by atoms with Crippen molar-refractivity contribution in [1.29, 1.82) is 0 Å². The number of carbonyl (C=O) groups excluding carboxylic acids is 1. The highest BCUT2D eigenvalue weighted by atomic mass is 32.2. The van der Waals surface area contributed by atoms with Gasteiger partial charge in [0.05, 0.1) is 5.75 Å². The predicted molar refractivity (Wildman–Crippen MR) is 88.7 cm³/mol. The normalized spacial score (nSPS) is 12.9. The summed E-state index contributed by atoms with van der Waals surface area (Å²) in [6, 6.07) is 12.0. The molecule has 6 nitrogen and oxygen atoms in total. The van der Waals surface area contributed by atoms with E-state index in [1.54, 1.807) is 24.3 Å². The molecular weight excluding hydrogens is 330 g/mol. The fourth-order valence-corrected chi connectivity index (χ4v) is 3.19. The standard InChI is InChI=1S/C17H17NO5S/c1-24(20,21)10-12-2-5-14(6-3-12)17(19)18-9-13-4-7-15-16(8-13)23-11-22-15/h2-8H,9-11H2,1H3,(H,18,19). The first-order chi connectivity index (χ1) is 11.4. The van der Waals surface area contributed by atoms with Crippen molar-refractivity contribution in [1.82, 2.24) is 5.32 Å². The molecule has 0 fully saturated rings. The van der Waals surface area contributed by atoms with Gasteiger partial charge in [-0.25, -0.2) is 8.42 Å². The van der Waals surface area contributed by atoms with E-state index < -0.39 is 9.84 Å². The van der Waals surface area contributed by atoms with Gasteiger partial charge in [-0.3, -0.25) is 4.79 Å². The number of hydrogen-bond donors (Lipinski definition) is 1. The first kappa shape index (κ1) is 16.3. The van der Waals surface area contributed by atoms with Crippen LogP contribution in [0, 0.1) is 0 Å². The van der Waals surface area contributed by atoms with Gasteiger partial charge in [-0.1, -0.05) is 18.2 Å². The van der Waals surface area contributed by atoms with Crippen molar-refractivity contribution in [2.24, 2.45) is 0 Å². The summed E-state index contributed by atoms with van der Waals surface area (Å²) in [5, 5.41) is 2.82. The minimum absolute atomic E-state index is 0.0356. The van der Waals surface area contributed by atoms with E-state index in [0.717, 1.165) is 5.56 Å². The summed E-state index contributed by atoms with van der Waals surface area (Å²) in [5.41, 5.74) is 2.04. The quantitative estimate of drug-likeness (QED) is 0.893. The minimum Gasteiger partial charge on any atom is -0.454 e. The van der Waals surface area contributed by atoms with Crippen LogP contribution in [0.15, 0.2) is 42.5 Å². The van der Waals surface area contributed by atoms with Gasteiger partial charge in [0.1, 0.15) is 0 Å². The lowest BCUT2D eigenvalue weighted by Crippen LogP contribution is -2.22. The molecule has 2 aromatic carbocycles. The molecule has 0 aliphatic carbocycles. The summed E-state index contributed by atoms with van der Waals surface area (Å²) >= 11 is 0. The van der Waals surface area contributed by atoms with E-state index in [-0.39, 0.29) is 18.5 Å². The Morgan fingerprint density at radius 1 is 1.04 bits per heavy atom. The Morgan fingerprint density at radius 3 is 2.42 bits per heavy atom. The molecule has 0 saturated heterocycles.